The molecule has 126 valence electrons. The zero-order valence-corrected chi connectivity index (χ0v) is 13.9. The average molecular weight is 322 g/mol. The third-order valence-electron chi connectivity index (χ3n) is 4.25. The van der Waals surface area contributed by atoms with Crippen LogP contribution in [0.3, 0.4) is 0 Å². The fraction of sp³-hybridized carbons (Fsp3) is 0.765. The van der Waals surface area contributed by atoms with E-state index < -0.39 is 29.1 Å². The van der Waals surface area contributed by atoms with Crippen molar-refractivity contribution in [2.75, 3.05) is 19.8 Å². The Balaban J connectivity index is 2.04. The van der Waals surface area contributed by atoms with Gasteiger partial charge in [0.25, 0.3) is 0 Å². The molecule has 0 aromatic heterocycles. The molecular weight excluding hydrogens is 300 g/mol. The Morgan fingerprint density at radius 1 is 1.09 bits per heavy atom. The molecule has 0 bridgehead atoms. The molecule has 0 aliphatic carbocycles. The molecule has 0 saturated carbocycles. The second kappa shape index (κ2) is 5.19. The first-order valence-electron chi connectivity index (χ1n) is 7.58. The average Bonchev–Trinajstić information content (AvgIpc) is 2.95. The number of terminal acetylenes is 2. The standard InChI is InChI=1S/C17H22O6/c1-7-9-18-16(8-2)13-12(21-15(5,6)22-13)10-19-17(16)11-20-14(3,4)23-17/h1-2,12-13H,9-11H2,3-6H3/t12-,13-,16-,17+/m1/s1. The van der Waals surface area contributed by atoms with Crippen LogP contribution < -0.4 is 0 Å². The summed E-state index contributed by atoms with van der Waals surface area (Å²) in [6.07, 6.45) is 10.3. The summed E-state index contributed by atoms with van der Waals surface area (Å²) in [7, 11) is 0. The lowest BCUT2D eigenvalue weighted by Gasteiger charge is -2.49. The SMILES string of the molecule is C#CCO[C@]1(C#C)[C@@H]2OC(C)(C)O[C@@H]2CO[C@]12COC(C)(C)O2. The van der Waals surface area contributed by atoms with Crippen molar-refractivity contribution >= 4 is 0 Å². The molecule has 3 saturated heterocycles. The highest BCUT2D eigenvalue weighted by Crippen LogP contribution is 2.50. The van der Waals surface area contributed by atoms with Gasteiger partial charge >= 0.3 is 0 Å². The van der Waals surface area contributed by atoms with E-state index in [0.29, 0.717) is 0 Å². The molecule has 6 nitrogen and oxygen atoms in total. The first kappa shape index (κ1) is 16.7. The zero-order chi connectivity index (χ0) is 16.9. The van der Waals surface area contributed by atoms with Crippen molar-refractivity contribution < 1.29 is 28.4 Å². The van der Waals surface area contributed by atoms with E-state index in [2.05, 4.69) is 11.8 Å². The molecule has 3 heterocycles. The van der Waals surface area contributed by atoms with Crippen LogP contribution in [0.5, 0.6) is 0 Å². The molecule has 0 N–H and O–H groups in total. The van der Waals surface area contributed by atoms with Crippen LogP contribution in [0, 0.1) is 24.7 Å². The van der Waals surface area contributed by atoms with Crippen molar-refractivity contribution in [3.05, 3.63) is 0 Å². The smallest absolute Gasteiger partial charge is 0.239 e. The summed E-state index contributed by atoms with van der Waals surface area (Å²) in [6.45, 7) is 7.57. The quantitative estimate of drug-likeness (QED) is 0.708. The number of hydrogen-bond acceptors (Lipinski definition) is 6. The van der Waals surface area contributed by atoms with Crippen molar-refractivity contribution in [3.8, 4) is 24.7 Å². The fourth-order valence-corrected chi connectivity index (χ4v) is 3.40. The minimum atomic E-state index is -1.37. The summed E-state index contributed by atoms with van der Waals surface area (Å²) in [5.74, 6) is 2.15. The predicted molar refractivity (Wildman–Crippen MR) is 80.0 cm³/mol. The number of fused-ring (bicyclic) bond motifs is 1. The van der Waals surface area contributed by atoms with Crippen LogP contribution in [-0.2, 0) is 28.4 Å². The molecule has 6 heteroatoms. The van der Waals surface area contributed by atoms with Crippen LogP contribution in [0.15, 0.2) is 0 Å². The van der Waals surface area contributed by atoms with Crippen LogP contribution in [0.1, 0.15) is 27.7 Å². The molecule has 3 fully saturated rings. The third-order valence-corrected chi connectivity index (χ3v) is 4.25. The van der Waals surface area contributed by atoms with Gasteiger partial charge in [-0.2, -0.15) is 0 Å². The second-order valence-corrected chi connectivity index (χ2v) is 6.82. The topological polar surface area (TPSA) is 55.4 Å². The van der Waals surface area contributed by atoms with Crippen molar-refractivity contribution in [2.24, 2.45) is 0 Å². The number of rotatable bonds is 2. The van der Waals surface area contributed by atoms with E-state index >= 15 is 0 Å². The zero-order valence-electron chi connectivity index (χ0n) is 13.9. The Bertz CT molecular complexity index is 569. The van der Waals surface area contributed by atoms with Gasteiger partial charge in [0.2, 0.25) is 11.4 Å². The lowest BCUT2D eigenvalue weighted by atomic mass is 9.82. The second-order valence-electron chi connectivity index (χ2n) is 6.82. The van der Waals surface area contributed by atoms with Gasteiger partial charge in [-0.3, -0.25) is 0 Å². The normalized spacial score (nSPS) is 43.7. The van der Waals surface area contributed by atoms with E-state index in [0.717, 1.165) is 0 Å². The van der Waals surface area contributed by atoms with Gasteiger partial charge in [-0.25, -0.2) is 0 Å². The minimum absolute atomic E-state index is 0.00783. The first-order chi connectivity index (χ1) is 10.7. The molecule has 1 spiro atoms. The summed E-state index contributed by atoms with van der Waals surface area (Å²) >= 11 is 0. The molecule has 3 aliphatic heterocycles. The van der Waals surface area contributed by atoms with Crippen LogP contribution in [0.25, 0.3) is 0 Å². The Morgan fingerprint density at radius 3 is 2.39 bits per heavy atom. The molecule has 23 heavy (non-hydrogen) atoms. The lowest BCUT2D eigenvalue weighted by Crippen LogP contribution is -2.71. The Kier molecular flexibility index (Phi) is 3.77. The molecule has 0 amide bonds. The van der Waals surface area contributed by atoms with Gasteiger partial charge in [-0.1, -0.05) is 11.8 Å². The maximum atomic E-state index is 6.04. The van der Waals surface area contributed by atoms with Crippen LogP contribution in [0.2, 0.25) is 0 Å². The van der Waals surface area contributed by atoms with E-state index in [1.54, 1.807) is 13.8 Å². The van der Waals surface area contributed by atoms with Gasteiger partial charge in [-0.05, 0) is 27.7 Å². The van der Waals surface area contributed by atoms with E-state index in [1.165, 1.54) is 0 Å². The Hall–Kier alpha value is -1.12. The summed E-state index contributed by atoms with van der Waals surface area (Å²) < 4.78 is 35.5. The fourth-order valence-electron chi connectivity index (χ4n) is 3.40. The molecule has 0 aromatic carbocycles. The molecular formula is C17H22O6. The summed E-state index contributed by atoms with van der Waals surface area (Å²) in [5, 5.41) is 0. The van der Waals surface area contributed by atoms with Gasteiger partial charge in [-0.15, -0.1) is 12.8 Å². The Labute approximate surface area is 136 Å². The highest BCUT2D eigenvalue weighted by molar-refractivity contribution is 5.26. The van der Waals surface area contributed by atoms with Gasteiger partial charge in [0.1, 0.15) is 25.4 Å². The van der Waals surface area contributed by atoms with Crippen LogP contribution in [-0.4, -0.2) is 55.0 Å². The van der Waals surface area contributed by atoms with E-state index in [1.807, 2.05) is 13.8 Å². The molecule has 3 aliphatic rings. The lowest BCUT2D eigenvalue weighted by molar-refractivity contribution is -0.356. The summed E-state index contributed by atoms with van der Waals surface area (Å²) in [4.78, 5) is 0. The van der Waals surface area contributed by atoms with Crippen molar-refractivity contribution in [2.45, 2.75) is 62.9 Å². The number of hydrogen-bond donors (Lipinski definition) is 0. The summed E-state index contributed by atoms with van der Waals surface area (Å²) in [6, 6.07) is 0. The highest BCUT2D eigenvalue weighted by Gasteiger charge is 2.71. The molecule has 0 unspecified atom stereocenters. The van der Waals surface area contributed by atoms with Gasteiger partial charge in [0.05, 0.1) is 6.61 Å². The predicted octanol–water partition coefficient (Wildman–Crippen LogP) is 1.04. The van der Waals surface area contributed by atoms with Crippen LogP contribution in [0.4, 0.5) is 0 Å². The van der Waals surface area contributed by atoms with Crippen LogP contribution >= 0.6 is 0 Å². The number of ether oxygens (including phenoxy) is 6. The molecule has 0 radical (unpaired) electrons. The van der Waals surface area contributed by atoms with Gasteiger partial charge in [0, 0.05) is 0 Å². The monoisotopic (exact) mass is 322 g/mol. The third kappa shape index (κ3) is 2.47. The van der Waals surface area contributed by atoms with E-state index in [-0.39, 0.29) is 25.9 Å². The maximum absolute atomic E-state index is 6.04. The maximum Gasteiger partial charge on any atom is 0.239 e. The van der Waals surface area contributed by atoms with Gasteiger partial charge < -0.3 is 28.4 Å². The van der Waals surface area contributed by atoms with Gasteiger partial charge in [0.15, 0.2) is 11.6 Å². The Morgan fingerprint density at radius 2 is 1.83 bits per heavy atom. The summed E-state index contributed by atoms with van der Waals surface area (Å²) in [5.41, 5.74) is -1.37. The van der Waals surface area contributed by atoms with E-state index in [4.69, 9.17) is 41.3 Å². The largest absolute Gasteiger partial charge is 0.345 e. The molecule has 0 aromatic rings. The molecule has 3 rings (SSSR count). The van der Waals surface area contributed by atoms with Crippen molar-refractivity contribution in [1.29, 1.82) is 0 Å². The molecule has 4 atom stereocenters. The van der Waals surface area contributed by atoms with Crippen molar-refractivity contribution in [1.82, 2.24) is 0 Å². The first-order valence-corrected chi connectivity index (χ1v) is 7.58. The highest BCUT2D eigenvalue weighted by atomic mass is 16.9. The van der Waals surface area contributed by atoms with E-state index in [9.17, 15) is 0 Å². The van der Waals surface area contributed by atoms with Crippen molar-refractivity contribution in [3.63, 3.8) is 0 Å². The minimum Gasteiger partial charge on any atom is -0.345 e.